The lowest BCUT2D eigenvalue weighted by Crippen LogP contribution is -2.48. The molecule has 0 spiro atoms. The predicted molar refractivity (Wildman–Crippen MR) is 137 cm³/mol. The lowest BCUT2D eigenvalue weighted by Gasteiger charge is -2.25. The van der Waals surface area contributed by atoms with Crippen LogP contribution in [0.15, 0.2) is 83.6 Å². The number of carbonyl (C=O) groups excluding carboxylic acids is 1. The van der Waals surface area contributed by atoms with Gasteiger partial charge in [-0.2, -0.15) is 0 Å². The first-order chi connectivity index (χ1) is 17.9. The highest BCUT2D eigenvalue weighted by Gasteiger charge is 2.23. The smallest absolute Gasteiger partial charge is 0.251 e. The zero-order valence-corrected chi connectivity index (χ0v) is 20.5. The van der Waals surface area contributed by atoms with E-state index in [-0.39, 0.29) is 13.0 Å². The topological polar surface area (TPSA) is 87.4 Å². The van der Waals surface area contributed by atoms with Crippen molar-refractivity contribution in [1.29, 1.82) is 0 Å². The standard InChI is InChI=1S/C29H29F2N3O3/c1-2-19-5-3-6-20(11-19)17-32-18-27(35)26(14-21-12-24(30)16-25(31)13-21)34-28(36)22-7-4-8-23(15-22)29-33-9-10-37-29/h3-13,15-16,26-27,32,35H,2,14,17-18H2,1H3,(H,34,36)/t26-,27-/m0/s1. The maximum absolute atomic E-state index is 13.8. The van der Waals surface area contributed by atoms with Gasteiger partial charge in [-0.15, -0.1) is 0 Å². The Kier molecular flexibility index (Phi) is 8.77. The Morgan fingerprint density at radius 3 is 2.49 bits per heavy atom. The first kappa shape index (κ1) is 26.2. The van der Waals surface area contributed by atoms with Gasteiger partial charge >= 0.3 is 0 Å². The van der Waals surface area contributed by atoms with Crippen LogP contribution < -0.4 is 10.6 Å². The second-order valence-corrected chi connectivity index (χ2v) is 8.85. The molecule has 0 aliphatic heterocycles. The Morgan fingerprint density at radius 1 is 1.00 bits per heavy atom. The first-order valence-corrected chi connectivity index (χ1v) is 12.1. The lowest BCUT2D eigenvalue weighted by atomic mass is 9.99. The van der Waals surface area contributed by atoms with E-state index in [0.29, 0.717) is 29.1 Å². The van der Waals surface area contributed by atoms with Gasteiger partial charge in [0, 0.05) is 30.3 Å². The van der Waals surface area contributed by atoms with E-state index in [1.54, 1.807) is 24.3 Å². The molecule has 0 bridgehead atoms. The van der Waals surface area contributed by atoms with Crippen LogP contribution in [0.1, 0.15) is 34.0 Å². The molecule has 0 unspecified atom stereocenters. The third-order valence-electron chi connectivity index (χ3n) is 6.05. The Balaban J connectivity index is 1.48. The molecule has 0 aliphatic rings. The normalized spacial score (nSPS) is 12.8. The monoisotopic (exact) mass is 505 g/mol. The fourth-order valence-electron chi connectivity index (χ4n) is 4.14. The maximum Gasteiger partial charge on any atom is 0.251 e. The third-order valence-corrected chi connectivity index (χ3v) is 6.05. The molecule has 0 aliphatic carbocycles. The van der Waals surface area contributed by atoms with Gasteiger partial charge < -0.3 is 20.2 Å². The van der Waals surface area contributed by atoms with Gasteiger partial charge in [-0.1, -0.05) is 37.3 Å². The Morgan fingerprint density at radius 2 is 1.76 bits per heavy atom. The van der Waals surface area contributed by atoms with E-state index in [1.165, 1.54) is 30.2 Å². The summed E-state index contributed by atoms with van der Waals surface area (Å²) < 4.78 is 33.0. The molecule has 6 nitrogen and oxygen atoms in total. The van der Waals surface area contributed by atoms with Crippen LogP contribution in [0.4, 0.5) is 8.78 Å². The minimum Gasteiger partial charge on any atom is -0.445 e. The average molecular weight is 506 g/mol. The number of nitrogens with zero attached hydrogens (tertiary/aromatic N) is 1. The van der Waals surface area contributed by atoms with Crippen LogP contribution in [0, 0.1) is 11.6 Å². The molecular weight excluding hydrogens is 476 g/mol. The molecule has 2 atom stereocenters. The molecule has 4 aromatic rings. The molecule has 192 valence electrons. The van der Waals surface area contributed by atoms with Crippen molar-refractivity contribution in [2.45, 2.75) is 38.5 Å². The molecule has 0 saturated carbocycles. The van der Waals surface area contributed by atoms with E-state index in [9.17, 15) is 18.7 Å². The van der Waals surface area contributed by atoms with Crippen LogP contribution in [0.3, 0.4) is 0 Å². The Bertz CT molecular complexity index is 1310. The summed E-state index contributed by atoms with van der Waals surface area (Å²) in [4.78, 5) is 17.2. The summed E-state index contributed by atoms with van der Waals surface area (Å²) in [5.41, 5.74) is 3.57. The molecule has 4 rings (SSSR count). The van der Waals surface area contributed by atoms with Gasteiger partial charge in [0.15, 0.2) is 0 Å². The number of amides is 1. The molecule has 0 radical (unpaired) electrons. The van der Waals surface area contributed by atoms with E-state index in [0.717, 1.165) is 18.1 Å². The number of benzene rings is 3. The van der Waals surface area contributed by atoms with Gasteiger partial charge in [0.05, 0.1) is 18.3 Å². The number of nitrogens with one attached hydrogen (secondary N) is 2. The second kappa shape index (κ2) is 12.4. The summed E-state index contributed by atoms with van der Waals surface area (Å²) in [6.45, 7) is 2.77. The quantitative estimate of drug-likeness (QED) is 0.276. The number of carbonyl (C=O) groups is 1. The third kappa shape index (κ3) is 7.31. The number of aliphatic hydroxyl groups excluding tert-OH is 1. The summed E-state index contributed by atoms with van der Waals surface area (Å²) >= 11 is 0. The fraction of sp³-hybridized carbons (Fsp3) is 0.241. The van der Waals surface area contributed by atoms with E-state index in [2.05, 4.69) is 34.7 Å². The van der Waals surface area contributed by atoms with Crippen molar-refractivity contribution in [3.8, 4) is 11.5 Å². The van der Waals surface area contributed by atoms with Crippen LogP contribution in [-0.2, 0) is 19.4 Å². The Labute approximate surface area is 214 Å². The summed E-state index contributed by atoms with van der Waals surface area (Å²) in [5.74, 6) is -1.51. The van der Waals surface area contributed by atoms with Crippen LogP contribution >= 0.6 is 0 Å². The zero-order chi connectivity index (χ0) is 26.2. The maximum atomic E-state index is 13.8. The number of hydrogen-bond donors (Lipinski definition) is 3. The fourth-order valence-corrected chi connectivity index (χ4v) is 4.14. The molecule has 8 heteroatoms. The highest BCUT2D eigenvalue weighted by molar-refractivity contribution is 5.95. The highest BCUT2D eigenvalue weighted by atomic mass is 19.1. The van der Waals surface area contributed by atoms with Gasteiger partial charge in [-0.25, -0.2) is 13.8 Å². The second-order valence-electron chi connectivity index (χ2n) is 8.85. The van der Waals surface area contributed by atoms with Gasteiger partial charge in [-0.05, 0) is 59.9 Å². The van der Waals surface area contributed by atoms with Crippen molar-refractivity contribution in [3.05, 3.63) is 113 Å². The van der Waals surface area contributed by atoms with Crippen LogP contribution in [0.2, 0.25) is 0 Å². The van der Waals surface area contributed by atoms with Crippen molar-refractivity contribution in [1.82, 2.24) is 15.6 Å². The SMILES string of the molecule is CCc1cccc(CNC[C@H](O)[C@H](Cc2cc(F)cc(F)c2)NC(=O)c2cccc(-c3ncco3)c2)c1. The molecular formula is C29H29F2N3O3. The van der Waals surface area contributed by atoms with Crippen molar-refractivity contribution >= 4 is 5.91 Å². The van der Waals surface area contributed by atoms with E-state index < -0.39 is 29.7 Å². The van der Waals surface area contributed by atoms with Crippen molar-refractivity contribution in [3.63, 3.8) is 0 Å². The van der Waals surface area contributed by atoms with Crippen LogP contribution in [0.5, 0.6) is 0 Å². The summed E-state index contributed by atoms with van der Waals surface area (Å²) in [6.07, 6.45) is 2.88. The molecule has 0 fully saturated rings. The number of oxazole rings is 1. The number of aryl methyl sites for hydroxylation is 1. The van der Waals surface area contributed by atoms with Crippen molar-refractivity contribution < 1.29 is 23.1 Å². The van der Waals surface area contributed by atoms with Gasteiger partial charge in [0.25, 0.3) is 5.91 Å². The van der Waals surface area contributed by atoms with E-state index in [1.807, 2.05) is 12.1 Å². The number of aliphatic hydroxyl groups is 1. The van der Waals surface area contributed by atoms with Crippen LogP contribution in [-0.4, -0.2) is 34.7 Å². The number of aromatic nitrogens is 1. The lowest BCUT2D eigenvalue weighted by molar-refractivity contribution is 0.0830. The van der Waals surface area contributed by atoms with Crippen molar-refractivity contribution in [2.24, 2.45) is 0 Å². The molecule has 3 aromatic carbocycles. The number of halogens is 2. The molecule has 1 heterocycles. The largest absolute Gasteiger partial charge is 0.445 e. The number of rotatable bonds is 11. The zero-order valence-electron chi connectivity index (χ0n) is 20.5. The molecule has 1 aromatic heterocycles. The minimum absolute atomic E-state index is 0.0357. The van der Waals surface area contributed by atoms with E-state index in [4.69, 9.17) is 4.42 Å². The minimum atomic E-state index is -1.03. The van der Waals surface area contributed by atoms with Crippen molar-refractivity contribution in [2.75, 3.05) is 6.54 Å². The summed E-state index contributed by atoms with van der Waals surface area (Å²) in [5, 5.41) is 17.0. The van der Waals surface area contributed by atoms with Gasteiger partial charge in [-0.3, -0.25) is 4.79 Å². The first-order valence-electron chi connectivity index (χ1n) is 12.1. The Hall–Kier alpha value is -3.88. The van der Waals surface area contributed by atoms with Gasteiger partial charge in [0.2, 0.25) is 5.89 Å². The molecule has 0 saturated heterocycles. The summed E-state index contributed by atoms with van der Waals surface area (Å²) in [6, 6.07) is 17.2. The van der Waals surface area contributed by atoms with Gasteiger partial charge in [0.1, 0.15) is 17.9 Å². The molecule has 3 N–H and O–H groups in total. The average Bonchev–Trinajstić information content (AvgIpc) is 3.43. The summed E-state index contributed by atoms with van der Waals surface area (Å²) in [7, 11) is 0. The molecule has 1 amide bonds. The number of hydrogen-bond acceptors (Lipinski definition) is 5. The van der Waals surface area contributed by atoms with E-state index >= 15 is 0 Å². The predicted octanol–water partition coefficient (Wildman–Crippen LogP) is 4.67. The molecule has 37 heavy (non-hydrogen) atoms. The highest BCUT2D eigenvalue weighted by Crippen LogP contribution is 2.19. The van der Waals surface area contributed by atoms with Crippen LogP contribution in [0.25, 0.3) is 11.5 Å².